The van der Waals surface area contributed by atoms with Gasteiger partial charge in [-0.25, -0.2) is 14.3 Å². The lowest BCUT2D eigenvalue weighted by Crippen LogP contribution is -2.53. The number of nitrogens with one attached hydrogen (secondary N) is 2. The van der Waals surface area contributed by atoms with Gasteiger partial charge < -0.3 is 25.5 Å². The van der Waals surface area contributed by atoms with Gasteiger partial charge >= 0.3 is 13.7 Å². The smallest absolute Gasteiger partial charge is 0.405 e. The number of carbonyl (C=O) groups excluding carboxylic acids is 2. The molecular weight excluding hydrogens is 483 g/mol. The van der Waals surface area contributed by atoms with E-state index in [1.54, 1.807) is 44.3 Å². The van der Waals surface area contributed by atoms with Crippen molar-refractivity contribution in [1.82, 2.24) is 20.3 Å². The number of carboxylic acid groups (broad SMARTS) is 1. The van der Waals surface area contributed by atoms with Crippen molar-refractivity contribution in [2.45, 2.75) is 45.7 Å². The molecule has 186 valence electrons. The summed E-state index contributed by atoms with van der Waals surface area (Å²) in [4.78, 5) is 60.0. The van der Waals surface area contributed by atoms with E-state index in [1.165, 1.54) is 18.3 Å². The van der Waals surface area contributed by atoms with Gasteiger partial charge in [0, 0.05) is 30.5 Å². The average Bonchev–Trinajstić information content (AvgIpc) is 3.26. The first-order valence-electron chi connectivity index (χ1n) is 10.5. The second-order valence-corrected chi connectivity index (χ2v) is 10.6. The van der Waals surface area contributed by atoms with Crippen molar-refractivity contribution in [1.29, 1.82) is 0 Å². The molecular formula is C21H29N4O7PS. The Morgan fingerprint density at radius 1 is 1.18 bits per heavy atom. The molecule has 0 radical (unpaired) electrons. The Morgan fingerprint density at radius 3 is 2.29 bits per heavy atom. The molecule has 13 heteroatoms. The first kappa shape index (κ1) is 27.6. The van der Waals surface area contributed by atoms with Crippen molar-refractivity contribution in [3.05, 3.63) is 41.4 Å². The second-order valence-electron chi connectivity index (χ2n) is 8.13. The number of thiazole rings is 1. The molecule has 0 spiro atoms. The van der Waals surface area contributed by atoms with Crippen LogP contribution in [0.3, 0.4) is 0 Å². The molecule has 34 heavy (non-hydrogen) atoms. The predicted octanol–water partition coefficient (Wildman–Crippen LogP) is 1.82. The van der Waals surface area contributed by atoms with Crippen LogP contribution in [0, 0.1) is 5.92 Å². The third-order valence-electron chi connectivity index (χ3n) is 4.87. The van der Waals surface area contributed by atoms with Crippen LogP contribution in [0.1, 0.15) is 32.8 Å². The number of hydrogen-bond acceptors (Lipinski definition) is 6. The van der Waals surface area contributed by atoms with Gasteiger partial charge in [-0.05, 0) is 17.9 Å². The summed E-state index contributed by atoms with van der Waals surface area (Å²) in [5, 5.41) is 17.0. The molecule has 2 atom stereocenters. The van der Waals surface area contributed by atoms with Gasteiger partial charge in [-0.3, -0.25) is 9.59 Å². The first-order valence-corrected chi connectivity index (χ1v) is 12.9. The number of benzene rings is 1. The Morgan fingerprint density at radius 2 is 1.82 bits per heavy atom. The van der Waals surface area contributed by atoms with E-state index in [9.17, 15) is 33.8 Å². The van der Waals surface area contributed by atoms with E-state index in [2.05, 4.69) is 15.6 Å². The summed E-state index contributed by atoms with van der Waals surface area (Å²) >= 11 is 1.47. The standard InChI is InChI=1S/C21H29N4O7PS/c1-13(2)10-18(25(33(30,31)32)12-23-14(3)26)19(27)24-17(21(28)29)11-15-4-6-16(7-5-15)20-22-8-9-34-20/h4-9,13,17-18H,10-12H2,1-3H3,(H,23,26)(H,24,27)(H,28,29)(H2,30,31,32). The van der Waals surface area contributed by atoms with Crippen LogP contribution in [0.25, 0.3) is 10.6 Å². The number of aromatic nitrogens is 1. The fraction of sp³-hybridized carbons (Fsp3) is 0.429. The van der Waals surface area contributed by atoms with Gasteiger partial charge in [0.2, 0.25) is 11.8 Å². The third kappa shape index (κ3) is 8.30. The Labute approximate surface area is 201 Å². The number of carbonyl (C=O) groups is 3. The molecule has 1 aromatic heterocycles. The van der Waals surface area contributed by atoms with Crippen LogP contribution < -0.4 is 10.6 Å². The summed E-state index contributed by atoms with van der Waals surface area (Å²) in [6, 6.07) is 4.40. The Balaban J connectivity index is 2.21. The summed E-state index contributed by atoms with van der Waals surface area (Å²) in [5.41, 5.74) is 1.53. The van der Waals surface area contributed by atoms with Crippen LogP contribution in [0.2, 0.25) is 0 Å². The van der Waals surface area contributed by atoms with E-state index in [-0.39, 0.29) is 18.8 Å². The topological polar surface area (TPSA) is 169 Å². The summed E-state index contributed by atoms with van der Waals surface area (Å²) < 4.78 is 12.7. The Kier molecular flexibility index (Phi) is 9.90. The van der Waals surface area contributed by atoms with Crippen LogP contribution in [-0.2, 0) is 25.4 Å². The lowest BCUT2D eigenvalue weighted by molar-refractivity contribution is -0.142. The van der Waals surface area contributed by atoms with Crippen molar-refractivity contribution in [2.24, 2.45) is 5.92 Å². The van der Waals surface area contributed by atoms with Gasteiger partial charge in [-0.15, -0.1) is 11.3 Å². The average molecular weight is 513 g/mol. The quantitative estimate of drug-likeness (QED) is 0.210. The summed E-state index contributed by atoms with van der Waals surface area (Å²) in [5.74, 6) is -2.82. The summed E-state index contributed by atoms with van der Waals surface area (Å²) in [6.45, 7) is 4.13. The van der Waals surface area contributed by atoms with Crippen molar-refractivity contribution in [2.75, 3.05) is 6.67 Å². The zero-order chi connectivity index (χ0) is 25.5. The number of nitrogens with zero attached hydrogens (tertiary/aromatic N) is 2. The van der Waals surface area contributed by atoms with Crippen LogP contribution in [0.15, 0.2) is 35.8 Å². The largest absolute Gasteiger partial charge is 0.480 e. The van der Waals surface area contributed by atoms with Crippen LogP contribution >= 0.6 is 19.1 Å². The molecule has 11 nitrogen and oxygen atoms in total. The highest BCUT2D eigenvalue weighted by atomic mass is 32.1. The van der Waals surface area contributed by atoms with Gasteiger partial charge in [0.15, 0.2) is 0 Å². The first-order chi connectivity index (χ1) is 15.9. The van der Waals surface area contributed by atoms with E-state index < -0.39 is 44.3 Å². The third-order valence-corrected chi connectivity index (χ3v) is 6.78. The van der Waals surface area contributed by atoms with E-state index in [1.807, 2.05) is 5.38 Å². The van der Waals surface area contributed by atoms with Crippen LogP contribution in [-0.4, -0.2) is 61.1 Å². The maximum Gasteiger partial charge on any atom is 0.405 e. The maximum atomic E-state index is 13.0. The second kappa shape index (κ2) is 12.2. The molecule has 1 aromatic carbocycles. The van der Waals surface area contributed by atoms with Gasteiger partial charge in [0.05, 0.1) is 6.67 Å². The van der Waals surface area contributed by atoms with Crippen molar-refractivity contribution in [3.63, 3.8) is 0 Å². The lowest BCUT2D eigenvalue weighted by atomic mass is 10.0. The SMILES string of the molecule is CC(=O)NCN(C(CC(C)C)C(=O)NC(Cc1ccc(-c2nccs2)cc1)C(=O)O)P(=O)(O)O. The molecule has 2 unspecified atom stereocenters. The molecule has 0 aliphatic rings. The molecule has 0 saturated heterocycles. The fourth-order valence-corrected chi connectivity index (χ4v) is 4.70. The molecule has 1 heterocycles. The van der Waals surface area contributed by atoms with Gasteiger partial charge in [0.1, 0.15) is 17.1 Å². The number of amides is 2. The van der Waals surface area contributed by atoms with Crippen LogP contribution in [0.4, 0.5) is 0 Å². The van der Waals surface area contributed by atoms with Gasteiger partial charge in [-0.2, -0.15) is 4.67 Å². The molecule has 0 aliphatic carbocycles. The zero-order valence-electron chi connectivity index (χ0n) is 19.0. The number of aliphatic carboxylic acids is 1. The zero-order valence-corrected chi connectivity index (χ0v) is 20.8. The minimum Gasteiger partial charge on any atom is -0.480 e. The molecule has 0 fully saturated rings. The number of rotatable bonds is 12. The Hall–Kier alpha value is -2.63. The monoisotopic (exact) mass is 512 g/mol. The highest BCUT2D eigenvalue weighted by Crippen LogP contribution is 2.42. The number of hydrogen-bond donors (Lipinski definition) is 5. The fourth-order valence-electron chi connectivity index (χ4n) is 3.24. The van der Waals surface area contributed by atoms with E-state index in [4.69, 9.17) is 0 Å². The molecule has 0 aliphatic heterocycles. The number of carboxylic acids is 1. The van der Waals surface area contributed by atoms with Crippen molar-refractivity contribution < 1.29 is 33.8 Å². The summed E-state index contributed by atoms with van der Waals surface area (Å²) in [7, 11) is -4.96. The molecule has 0 saturated carbocycles. The van der Waals surface area contributed by atoms with Crippen molar-refractivity contribution >= 4 is 36.9 Å². The normalized spacial score (nSPS) is 13.5. The van der Waals surface area contributed by atoms with E-state index >= 15 is 0 Å². The van der Waals surface area contributed by atoms with Gasteiger partial charge in [0.25, 0.3) is 0 Å². The highest BCUT2D eigenvalue weighted by Gasteiger charge is 2.38. The lowest BCUT2D eigenvalue weighted by Gasteiger charge is -2.32. The Bertz CT molecular complexity index is 1020. The predicted molar refractivity (Wildman–Crippen MR) is 127 cm³/mol. The molecule has 0 bridgehead atoms. The van der Waals surface area contributed by atoms with E-state index in [0.717, 1.165) is 10.6 Å². The minimum absolute atomic E-state index is 0.0325. The van der Waals surface area contributed by atoms with Crippen LogP contribution in [0.5, 0.6) is 0 Å². The van der Waals surface area contributed by atoms with Gasteiger partial charge in [-0.1, -0.05) is 38.1 Å². The van der Waals surface area contributed by atoms with E-state index in [0.29, 0.717) is 10.2 Å². The minimum atomic E-state index is -4.96. The molecule has 2 amide bonds. The summed E-state index contributed by atoms with van der Waals surface area (Å²) in [6.07, 6.45) is 1.69. The highest BCUT2D eigenvalue weighted by molar-refractivity contribution is 7.49. The molecule has 2 rings (SSSR count). The molecule has 5 N–H and O–H groups in total. The van der Waals surface area contributed by atoms with Crippen molar-refractivity contribution in [3.8, 4) is 10.6 Å². The molecule has 2 aromatic rings. The maximum absolute atomic E-state index is 13.0.